The number of hydrogen-bond donors (Lipinski definition) is 1. The Morgan fingerprint density at radius 3 is 2.14 bits per heavy atom. The molecule has 0 radical (unpaired) electrons. The number of alkyl halides is 3. The third-order valence-corrected chi connectivity index (χ3v) is 2.65. The number of nitrogen functional groups attached to an aromatic ring is 1. The first kappa shape index (κ1) is 14.6. The molecule has 0 bridgehead atoms. The molecule has 110 valence electrons. The molecule has 2 rings (SSSR count). The molecule has 0 saturated heterocycles. The molecule has 0 amide bonds. The van der Waals surface area contributed by atoms with E-state index >= 15 is 0 Å². The molecule has 0 heterocycles. The summed E-state index contributed by atoms with van der Waals surface area (Å²) in [4.78, 5) is 10.2. The monoisotopic (exact) mass is 298 g/mol. The zero-order valence-electron chi connectivity index (χ0n) is 10.4. The Balaban J connectivity index is 2.31. The maximum absolute atomic E-state index is 12.0. The third-order valence-electron chi connectivity index (χ3n) is 2.65. The van der Waals surface area contributed by atoms with Crippen LogP contribution in [0.1, 0.15) is 0 Å². The van der Waals surface area contributed by atoms with Crippen molar-refractivity contribution in [2.75, 3.05) is 5.73 Å². The van der Waals surface area contributed by atoms with E-state index in [9.17, 15) is 23.3 Å². The van der Waals surface area contributed by atoms with Gasteiger partial charge in [-0.2, -0.15) is 0 Å². The van der Waals surface area contributed by atoms with Crippen molar-refractivity contribution in [3.8, 4) is 16.9 Å². The minimum Gasteiger partial charge on any atom is -0.406 e. The minimum absolute atomic E-state index is 0.0146. The Labute approximate surface area is 116 Å². The summed E-state index contributed by atoms with van der Waals surface area (Å²) in [6.07, 6.45) is -4.76. The highest BCUT2D eigenvalue weighted by Gasteiger charge is 2.30. The fraction of sp³-hybridized carbons (Fsp3) is 0.0769. The molecule has 0 aliphatic heterocycles. The van der Waals surface area contributed by atoms with Crippen LogP contribution in [-0.2, 0) is 0 Å². The van der Waals surface area contributed by atoms with Crippen LogP contribution in [-0.4, -0.2) is 11.3 Å². The van der Waals surface area contributed by atoms with Gasteiger partial charge in [-0.1, -0.05) is 18.2 Å². The number of anilines is 1. The van der Waals surface area contributed by atoms with Crippen molar-refractivity contribution in [1.82, 2.24) is 0 Å². The van der Waals surface area contributed by atoms with Crippen LogP contribution in [0.3, 0.4) is 0 Å². The standard InChI is InChI=1S/C13H9F3N2O3/c14-13(15,16)21-10-4-1-8(2-5-10)9-3-6-11(17)12(7-9)18(19)20/h1-7H,17H2. The molecule has 0 unspecified atom stereocenters. The minimum atomic E-state index is -4.76. The molecule has 0 saturated carbocycles. The molecule has 2 N–H and O–H groups in total. The SMILES string of the molecule is Nc1ccc(-c2ccc(OC(F)(F)F)cc2)cc1[N+](=O)[O-]. The van der Waals surface area contributed by atoms with E-state index in [1.807, 2.05) is 0 Å². The lowest BCUT2D eigenvalue weighted by Gasteiger charge is -2.09. The van der Waals surface area contributed by atoms with Crippen LogP contribution < -0.4 is 10.5 Å². The molecule has 0 aliphatic rings. The van der Waals surface area contributed by atoms with Crippen LogP contribution in [0.2, 0.25) is 0 Å². The number of rotatable bonds is 3. The van der Waals surface area contributed by atoms with Gasteiger partial charge in [0.25, 0.3) is 5.69 Å². The summed E-state index contributed by atoms with van der Waals surface area (Å²) >= 11 is 0. The average molecular weight is 298 g/mol. The molecule has 0 atom stereocenters. The van der Waals surface area contributed by atoms with Gasteiger partial charge in [-0.05, 0) is 29.3 Å². The second-order valence-electron chi connectivity index (χ2n) is 4.10. The maximum atomic E-state index is 12.0. The van der Waals surface area contributed by atoms with E-state index in [1.54, 1.807) is 6.07 Å². The summed E-state index contributed by atoms with van der Waals surface area (Å²) in [5.41, 5.74) is 6.20. The summed E-state index contributed by atoms with van der Waals surface area (Å²) in [7, 11) is 0. The van der Waals surface area contributed by atoms with Gasteiger partial charge in [0.2, 0.25) is 0 Å². The summed E-state index contributed by atoms with van der Waals surface area (Å²) < 4.78 is 39.9. The van der Waals surface area contributed by atoms with Crippen LogP contribution in [0.25, 0.3) is 11.1 Å². The van der Waals surface area contributed by atoms with Crippen molar-refractivity contribution in [3.63, 3.8) is 0 Å². The molecule has 5 nitrogen and oxygen atoms in total. The van der Waals surface area contributed by atoms with Gasteiger partial charge in [0.05, 0.1) is 4.92 Å². The largest absolute Gasteiger partial charge is 0.573 e. The quantitative estimate of drug-likeness (QED) is 0.532. The van der Waals surface area contributed by atoms with E-state index in [-0.39, 0.29) is 17.1 Å². The highest BCUT2D eigenvalue weighted by molar-refractivity contribution is 5.72. The molecular weight excluding hydrogens is 289 g/mol. The molecule has 0 aromatic heterocycles. The van der Waals surface area contributed by atoms with Gasteiger partial charge in [-0.15, -0.1) is 13.2 Å². The predicted molar refractivity (Wildman–Crippen MR) is 69.6 cm³/mol. The lowest BCUT2D eigenvalue weighted by atomic mass is 10.0. The molecular formula is C13H9F3N2O3. The van der Waals surface area contributed by atoms with E-state index < -0.39 is 11.3 Å². The lowest BCUT2D eigenvalue weighted by Crippen LogP contribution is -2.16. The van der Waals surface area contributed by atoms with Crippen molar-refractivity contribution in [2.45, 2.75) is 6.36 Å². The van der Waals surface area contributed by atoms with Crippen molar-refractivity contribution in [1.29, 1.82) is 0 Å². The number of nitro groups is 1. The molecule has 0 spiro atoms. The van der Waals surface area contributed by atoms with Crippen LogP contribution in [0.15, 0.2) is 42.5 Å². The zero-order valence-corrected chi connectivity index (χ0v) is 10.4. The smallest absolute Gasteiger partial charge is 0.406 e. The highest BCUT2D eigenvalue weighted by Crippen LogP contribution is 2.30. The number of halogens is 3. The first-order valence-corrected chi connectivity index (χ1v) is 5.66. The number of benzene rings is 2. The highest BCUT2D eigenvalue weighted by atomic mass is 19.4. The first-order valence-electron chi connectivity index (χ1n) is 5.66. The van der Waals surface area contributed by atoms with E-state index in [0.29, 0.717) is 11.1 Å². The van der Waals surface area contributed by atoms with Gasteiger partial charge in [0.1, 0.15) is 11.4 Å². The Morgan fingerprint density at radius 2 is 1.62 bits per heavy atom. The lowest BCUT2D eigenvalue weighted by molar-refractivity contribution is -0.383. The number of nitrogens with zero attached hydrogens (tertiary/aromatic N) is 1. The third kappa shape index (κ3) is 3.62. The van der Waals surface area contributed by atoms with Crippen molar-refractivity contribution < 1.29 is 22.8 Å². The van der Waals surface area contributed by atoms with E-state index in [4.69, 9.17) is 5.73 Å². The van der Waals surface area contributed by atoms with Gasteiger partial charge in [-0.25, -0.2) is 0 Å². The van der Waals surface area contributed by atoms with E-state index in [2.05, 4.69) is 4.74 Å². The Bertz CT molecular complexity index is 669. The fourth-order valence-corrected chi connectivity index (χ4v) is 1.73. The normalized spacial score (nSPS) is 11.2. The van der Waals surface area contributed by atoms with Crippen molar-refractivity contribution in [3.05, 3.63) is 52.6 Å². The van der Waals surface area contributed by atoms with Crippen molar-refractivity contribution in [2.24, 2.45) is 0 Å². The first-order chi connectivity index (χ1) is 9.76. The van der Waals surface area contributed by atoms with Crippen LogP contribution in [0.4, 0.5) is 24.5 Å². The second kappa shape index (κ2) is 5.31. The van der Waals surface area contributed by atoms with Gasteiger partial charge in [0, 0.05) is 6.07 Å². The summed E-state index contributed by atoms with van der Waals surface area (Å²) in [5, 5.41) is 10.8. The zero-order chi connectivity index (χ0) is 15.6. The molecule has 21 heavy (non-hydrogen) atoms. The molecule has 0 fully saturated rings. The van der Waals surface area contributed by atoms with Crippen LogP contribution in [0, 0.1) is 10.1 Å². The Morgan fingerprint density at radius 1 is 1.05 bits per heavy atom. The van der Waals surface area contributed by atoms with Gasteiger partial charge >= 0.3 is 6.36 Å². The van der Waals surface area contributed by atoms with Crippen LogP contribution >= 0.6 is 0 Å². The summed E-state index contributed by atoms with van der Waals surface area (Å²) in [5.74, 6) is -0.365. The molecule has 0 aliphatic carbocycles. The summed E-state index contributed by atoms with van der Waals surface area (Å²) in [6.45, 7) is 0. The second-order valence-corrected chi connectivity index (χ2v) is 4.10. The predicted octanol–water partition coefficient (Wildman–Crippen LogP) is 3.74. The van der Waals surface area contributed by atoms with Gasteiger partial charge in [-0.3, -0.25) is 10.1 Å². The molecule has 2 aromatic carbocycles. The number of ether oxygens (including phenoxy) is 1. The number of hydrogen-bond acceptors (Lipinski definition) is 4. The van der Waals surface area contributed by atoms with Gasteiger partial charge < -0.3 is 10.5 Å². The average Bonchev–Trinajstić information content (AvgIpc) is 2.38. The van der Waals surface area contributed by atoms with Gasteiger partial charge in [0.15, 0.2) is 0 Å². The van der Waals surface area contributed by atoms with Crippen molar-refractivity contribution >= 4 is 11.4 Å². The topological polar surface area (TPSA) is 78.4 Å². The van der Waals surface area contributed by atoms with E-state index in [1.165, 1.54) is 24.3 Å². The number of nitro benzene ring substituents is 1. The molecule has 8 heteroatoms. The van der Waals surface area contributed by atoms with Crippen LogP contribution in [0.5, 0.6) is 5.75 Å². The molecule has 2 aromatic rings. The fourth-order valence-electron chi connectivity index (χ4n) is 1.73. The Hall–Kier alpha value is -2.77. The Kier molecular flexibility index (Phi) is 3.70. The number of nitrogens with two attached hydrogens (primary N) is 1. The summed E-state index contributed by atoms with van der Waals surface area (Å²) in [6, 6.07) is 9.17. The maximum Gasteiger partial charge on any atom is 0.573 e. The van der Waals surface area contributed by atoms with E-state index in [0.717, 1.165) is 12.1 Å².